The van der Waals surface area contributed by atoms with Crippen LogP contribution in [0.1, 0.15) is 5.56 Å². The van der Waals surface area contributed by atoms with E-state index in [2.05, 4.69) is 5.10 Å². The molecular weight excluding hydrogens is 456 g/mol. The van der Waals surface area contributed by atoms with Crippen LogP contribution < -0.4 is 9.47 Å². The number of hydrogen-bond donors (Lipinski definition) is 0. The second kappa shape index (κ2) is 9.32. The quantitative estimate of drug-likeness (QED) is 0.520. The Bertz CT molecular complexity index is 1310. The average molecular weight is 481 g/mol. The van der Waals surface area contributed by atoms with Crippen molar-refractivity contribution in [1.82, 2.24) is 19.0 Å². The van der Waals surface area contributed by atoms with Crippen molar-refractivity contribution in [3.05, 3.63) is 72.6 Å². The lowest BCUT2D eigenvalue weighted by Crippen LogP contribution is -2.50. The van der Waals surface area contributed by atoms with Crippen LogP contribution >= 0.6 is 0 Å². The molecule has 0 bridgehead atoms. The molecule has 3 heterocycles. The summed E-state index contributed by atoms with van der Waals surface area (Å²) < 4.78 is 40.3. The van der Waals surface area contributed by atoms with Gasteiger partial charge in [0.15, 0.2) is 11.5 Å². The zero-order valence-electron chi connectivity index (χ0n) is 18.4. The van der Waals surface area contributed by atoms with Gasteiger partial charge in [0, 0.05) is 50.1 Å². The Morgan fingerprint density at radius 3 is 2.44 bits per heavy atom. The zero-order chi connectivity index (χ0) is 23.5. The molecule has 0 aliphatic carbocycles. The fourth-order valence-electron chi connectivity index (χ4n) is 3.90. The van der Waals surface area contributed by atoms with E-state index in [0.29, 0.717) is 37.8 Å². The molecule has 0 radical (unpaired) electrons. The van der Waals surface area contributed by atoms with Crippen LogP contribution in [0.4, 0.5) is 0 Å². The van der Waals surface area contributed by atoms with Crippen molar-refractivity contribution in [2.24, 2.45) is 0 Å². The van der Waals surface area contributed by atoms with E-state index in [1.807, 2.05) is 36.5 Å². The molecule has 34 heavy (non-hydrogen) atoms. The summed E-state index contributed by atoms with van der Waals surface area (Å²) >= 11 is 0. The molecule has 1 saturated heterocycles. The fourth-order valence-corrected chi connectivity index (χ4v) is 5.34. The van der Waals surface area contributed by atoms with Gasteiger partial charge < -0.3 is 14.4 Å². The third-order valence-corrected chi connectivity index (χ3v) is 7.64. The summed E-state index contributed by atoms with van der Waals surface area (Å²) in [4.78, 5) is 14.5. The maximum absolute atomic E-state index is 13.1. The van der Waals surface area contributed by atoms with E-state index in [0.717, 1.165) is 11.3 Å². The zero-order valence-corrected chi connectivity index (χ0v) is 19.2. The van der Waals surface area contributed by atoms with Gasteiger partial charge in [-0.2, -0.15) is 9.40 Å². The number of fused-ring (bicyclic) bond motifs is 1. The Kier molecular flexibility index (Phi) is 6.08. The molecule has 0 unspecified atom stereocenters. The minimum atomic E-state index is -3.69. The Morgan fingerprint density at radius 1 is 0.941 bits per heavy atom. The van der Waals surface area contributed by atoms with E-state index in [1.54, 1.807) is 27.9 Å². The number of carbonyl (C=O) groups excluding carboxylic acids is 1. The SMILES string of the molecule is O=C(C=Cc1cnn(-c2ccccc2)c1)N1CCN(S(=O)(=O)c2ccc3c(c2)OCCO3)CC1. The lowest BCUT2D eigenvalue weighted by molar-refractivity contribution is -0.127. The van der Waals surface area contributed by atoms with Crippen LogP contribution in [0.3, 0.4) is 0 Å². The number of aromatic nitrogens is 2. The Labute approximate surface area is 197 Å². The molecule has 0 atom stereocenters. The standard InChI is InChI=1S/C24H24N4O5S/c29-24(9-6-19-17-25-28(18-19)20-4-2-1-3-5-20)26-10-12-27(13-11-26)34(30,31)21-7-8-22-23(16-21)33-15-14-32-22/h1-9,16-18H,10-15H2. The van der Waals surface area contributed by atoms with Gasteiger partial charge in [0.25, 0.3) is 0 Å². The first-order valence-corrected chi connectivity index (χ1v) is 12.4. The first kappa shape index (κ1) is 22.2. The summed E-state index contributed by atoms with van der Waals surface area (Å²) in [6.45, 7) is 1.91. The molecule has 1 amide bonds. The molecule has 2 aliphatic rings. The summed E-state index contributed by atoms with van der Waals surface area (Å²) in [6.07, 6.45) is 6.75. The van der Waals surface area contributed by atoms with Crippen molar-refractivity contribution in [2.45, 2.75) is 4.90 Å². The second-order valence-electron chi connectivity index (χ2n) is 7.92. The van der Waals surface area contributed by atoms with E-state index in [-0.39, 0.29) is 23.9 Å². The normalized spacial score (nSPS) is 16.6. The number of nitrogens with zero attached hydrogens (tertiary/aromatic N) is 4. The molecule has 0 N–H and O–H groups in total. The van der Waals surface area contributed by atoms with Crippen molar-refractivity contribution in [3.8, 4) is 17.2 Å². The third-order valence-electron chi connectivity index (χ3n) is 5.74. The highest BCUT2D eigenvalue weighted by molar-refractivity contribution is 7.89. The molecule has 176 valence electrons. The van der Waals surface area contributed by atoms with E-state index in [4.69, 9.17) is 9.47 Å². The summed E-state index contributed by atoms with van der Waals surface area (Å²) in [7, 11) is -3.69. The number of para-hydroxylation sites is 1. The Balaban J connectivity index is 1.19. The van der Waals surface area contributed by atoms with Crippen molar-refractivity contribution in [2.75, 3.05) is 39.4 Å². The minimum absolute atomic E-state index is 0.159. The van der Waals surface area contributed by atoms with Crippen molar-refractivity contribution < 1.29 is 22.7 Å². The number of benzene rings is 2. The molecule has 1 aromatic heterocycles. The topological polar surface area (TPSA) is 94.0 Å². The van der Waals surface area contributed by atoms with Crippen LogP contribution in [0.15, 0.2) is 71.9 Å². The van der Waals surface area contributed by atoms with Gasteiger partial charge in [0.1, 0.15) is 13.2 Å². The fraction of sp³-hybridized carbons (Fsp3) is 0.250. The lowest BCUT2D eigenvalue weighted by atomic mass is 10.3. The number of ether oxygens (including phenoxy) is 2. The molecule has 2 aliphatic heterocycles. The molecule has 9 nitrogen and oxygen atoms in total. The van der Waals surface area contributed by atoms with E-state index >= 15 is 0 Å². The van der Waals surface area contributed by atoms with Gasteiger partial charge in [-0.1, -0.05) is 18.2 Å². The maximum Gasteiger partial charge on any atom is 0.246 e. The number of piperazine rings is 1. The molecule has 2 aromatic carbocycles. The van der Waals surface area contributed by atoms with Gasteiger partial charge in [-0.3, -0.25) is 4.79 Å². The highest BCUT2D eigenvalue weighted by Gasteiger charge is 2.30. The van der Waals surface area contributed by atoms with E-state index in [1.165, 1.54) is 22.5 Å². The summed E-state index contributed by atoms with van der Waals surface area (Å²) in [6, 6.07) is 14.3. The molecular formula is C24H24N4O5S. The van der Waals surface area contributed by atoms with Gasteiger partial charge in [-0.05, 0) is 30.3 Å². The molecule has 0 spiro atoms. The van der Waals surface area contributed by atoms with Crippen molar-refractivity contribution in [3.63, 3.8) is 0 Å². The van der Waals surface area contributed by atoms with Gasteiger partial charge >= 0.3 is 0 Å². The first-order valence-electron chi connectivity index (χ1n) is 11.0. The number of amides is 1. The predicted octanol–water partition coefficient (Wildman–Crippen LogP) is 2.19. The Hall–Kier alpha value is -3.63. The number of carbonyl (C=O) groups is 1. The third kappa shape index (κ3) is 4.55. The summed E-state index contributed by atoms with van der Waals surface area (Å²) in [5, 5.41) is 4.32. The van der Waals surface area contributed by atoms with E-state index < -0.39 is 10.0 Å². The van der Waals surface area contributed by atoms with Gasteiger partial charge in [0.2, 0.25) is 15.9 Å². The van der Waals surface area contributed by atoms with Crippen LogP contribution in [0.5, 0.6) is 11.5 Å². The molecule has 3 aromatic rings. The van der Waals surface area contributed by atoms with Crippen LogP contribution in [-0.2, 0) is 14.8 Å². The van der Waals surface area contributed by atoms with Crippen molar-refractivity contribution in [1.29, 1.82) is 0 Å². The largest absolute Gasteiger partial charge is 0.486 e. The molecule has 0 saturated carbocycles. The predicted molar refractivity (Wildman–Crippen MR) is 125 cm³/mol. The highest BCUT2D eigenvalue weighted by atomic mass is 32.2. The molecule has 1 fully saturated rings. The van der Waals surface area contributed by atoms with Crippen LogP contribution in [0, 0.1) is 0 Å². The van der Waals surface area contributed by atoms with Gasteiger partial charge in [-0.15, -0.1) is 0 Å². The second-order valence-corrected chi connectivity index (χ2v) is 9.86. The number of sulfonamides is 1. The monoisotopic (exact) mass is 480 g/mol. The lowest BCUT2D eigenvalue weighted by Gasteiger charge is -2.33. The number of rotatable bonds is 5. The van der Waals surface area contributed by atoms with Gasteiger partial charge in [-0.25, -0.2) is 13.1 Å². The summed E-state index contributed by atoms with van der Waals surface area (Å²) in [5.41, 5.74) is 1.74. The first-order chi connectivity index (χ1) is 16.5. The average Bonchev–Trinajstić information content (AvgIpc) is 3.37. The van der Waals surface area contributed by atoms with Crippen LogP contribution in [0.2, 0.25) is 0 Å². The van der Waals surface area contributed by atoms with Crippen LogP contribution in [0.25, 0.3) is 11.8 Å². The summed E-state index contributed by atoms with van der Waals surface area (Å²) in [5.74, 6) is 0.812. The van der Waals surface area contributed by atoms with Crippen molar-refractivity contribution >= 4 is 22.0 Å². The van der Waals surface area contributed by atoms with Crippen LogP contribution in [-0.4, -0.2) is 72.7 Å². The Morgan fingerprint density at radius 2 is 1.68 bits per heavy atom. The molecule has 10 heteroatoms. The van der Waals surface area contributed by atoms with E-state index in [9.17, 15) is 13.2 Å². The maximum atomic E-state index is 13.1. The smallest absolute Gasteiger partial charge is 0.246 e. The number of hydrogen-bond acceptors (Lipinski definition) is 6. The van der Waals surface area contributed by atoms with Gasteiger partial charge in [0.05, 0.1) is 16.8 Å². The molecule has 5 rings (SSSR count). The minimum Gasteiger partial charge on any atom is -0.486 e. The highest BCUT2D eigenvalue weighted by Crippen LogP contribution is 2.33.